The van der Waals surface area contributed by atoms with Crippen LogP contribution in [0.15, 0.2) is 0 Å². The zero-order valence-electron chi connectivity index (χ0n) is 18.2. The van der Waals surface area contributed by atoms with Crippen molar-refractivity contribution in [3.63, 3.8) is 0 Å². The molecule has 0 heterocycles. The Labute approximate surface area is 193 Å². The maximum atomic E-state index is 12.5. The third-order valence-electron chi connectivity index (χ3n) is 4.97. The van der Waals surface area contributed by atoms with Crippen LogP contribution in [0.2, 0.25) is 0 Å². The Hall–Kier alpha value is -0.140. The van der Waals surface area contributed by atoms with Crippen molar-refractivity contribution in [2.45, 2.75) is 90.4 Å². The van der Waals surface area contributed by atoms with Gasteiger partial charge in [-0.1, -0.05) is 77.6 Å². The van der Waals surface area contributed by atoms with E-state index in [4.69, 9.17) is 10.2 Å². The number of carboxylic acids is 1. The van der Waals surface area contributed by atoms with Crippen molar-refractivity contribution in [2.24, 2.45) is 5.92 Å². The van der Waals surface area contributed by atoms with Crippen LogP contribution in [-0.4, -0.2) is 53.3 Å². The summed E-state index contributed by atoms with van der Waals surface area (Å²) in [6.45, 7) is 2.04. The Balaban J connectivity index is 0. The van der Waals surface area contributed by atoms with E-state index in [0.717, 1.165) is 19.3 Å². The van der Waals surface area contributed by atoms with Crippen molar-refractivity contribution < 1.29 is 54.5 Å². The van der Waals surface area contributed by atoms with E-state index in [1.54, 1.807) is 0 Å². The minimum absolute atomic E-state index is 0. The van der Waals surface area contributed by atoms with Crippen LogP contribution in [0.25, 0.3) is 0 Å². The van der Waals surface area contributed by atoms with E-state index in [-0.39, 0.29) is 68.2 Å². The molecule has 0 aromatic rings. The van der Waals surface area contributed by atoms with Crippen LogP contribution in [0.5, 0.6) is 0 Å². The van der Waals surface area contributed by atoms with E-state index in [0.29, 0.717) is 6.42 Å². The van der Waals surface area contributed by atoms with Crippen LogP contribution < -0.4 is 34.7 Å². The van der Waals surface area contributed by atoms with Crippen LogP contribution in [0.1, 0.15) is 90.4 Å². The number of aliphatic carboxylic acids is 1. The van der Waals surface area contributed by atoms with Gasteiger partial charge in [0.2, 0.25) is 5.91 Å². The number of unbranched alkanes of at least 4 members (excludes halogenated alkanes) is 10. The summed E-state index contributed by atoms with van der Waals surface area (Å²) in [4.78, 5) is 24.8. The summed E-state index contributed by atoms with van der Waals surface area (Å²) < 4.78 is 0. The van der Waals surface area contributed by atoms with Crippen molar-refractivity contribution in [3.05, 3.63) is 0 Å². The van der Waals surface area contributed by atoms with Crippen molar-refractivity contribution in [3.8, 4) is 0 Å². The molecule has 6 nitrogen and oxygen atoms in total. The number of aliphatic hydroxyl groups is 2. The van der Waals surface area contributed by atoms with Gasteiger partial charge in [0.25, 0.3) is 0 Å². The van der Waals surface area contributed by atoms with Gasteiger partial charge in [-0.3, -0.25) is 4.79 Å². The summed E-state index contributed by atoms with van der Waals surface area (Å²) in [7, 11) is 0. The SMILES string of the molecule is CCCCCCCCCCCCCC(CC(=O)[O-])C(=O)N(CCO)CCO.[Na+]. The molecule has 0 aliphatic rings. The number of carbonyl (C=O) groups excluding carboxylic acids is 2. The van der Waals surface area contributed by atoms with Crippen LogP contribution in [0.4, 0.5) is 0 Å². The fourth-order valence-electron chi connectivity index (χ4n) is 3.40. The van der Waals surface area contributed by atoms with Crippen molar-refractivity contribution in [1.29, 1.82) is 0 Å². The van der Waals surface area contributed by atoms with Crippen LogP contribution in [-0.2, 0) is 9.59 Å². The van der Waals surface area contributed by atoms with Crippen LogP contribution in [0.3, 0.4) is 0 Å². The van der Waals surface area contributed by atoms with Gasteiger partial charge in [0.05, 0.1) is 13.2 Å². The first-order valence-corrected chi connectivity index (χ1v) is 10.8. The maximum absolute atomic E-state index is 12.5. The number of nitrogens with zero attached hydrogens (tertiary/aromatic N) is 1. The minimum Gasteiger partial charge on any atom is -0.550 e. The third kappa shape index (κ3) is 16.8. The molecule has 0 aliphatic carbocycles. The maximum Gasteiger partial charge on any atom is 1.00 e. The zero-order chi connectivity index (χ0) is 20.3. The summed E-state index contributed by atoms with van der Waals surface area (Å²) in [6, 6.07) is 0. The van der Waals surface area contributed by atoms with Crippen molar-refractivity contribution in [2.75, 3.05) is 26.3 Å². The second-order valence-corrected chi connectivity index (χ2v) is 7.37. The Bertz CT molecular complexity index is 376. The average Bonchev–Trinajstić information content (AvgIpc) is 2.64. The average molecular weight is 410 g/mol. The van der Waals surface area contributed by atoms with Gasteiger partial charge >= 0.3 is 29.6 Å². The second-order valence-electron chi connectivity index (χ2n) is 7.37. The summed E-state index contributed by atoms with van der Waals surface area (Å²) >= 11 is 0. The van der Waals surface area contributed by atoms with Gasteiger partial charge in [0.1, 0.15) is 0 Å². The number of amides is 1. The molecule has 2 N–H and O–H groups in total. The first-order chi connectivity index (χ1) is 13.1. The molecule has 0 rings (SSSR count). The molecule has 160 valence electrons. The Morgan fingerprint density at radius 2 is 1.25 bits per heavy atom. The molecule has 0 saturated carbocycles. The molecule has 0 aromatic carbocycles. The first-order valence-electron chi connectivity index (χ1n) is 10.8. The smallest absolute Gasteiger partial charge is 0.550 e. The minimum atomic E-state index is -1.23. The Morgan fingerprint density at radius 3 is 1.64 bits per heavy atom. The molecule has 0 fully saturated rings. The predicted molar refractivity (Wildman–Crippen MR) is 105 cm³/mol. The van der Waals surface area contributed by atoms with Gasteiger partial charge < -0.3 is 25.0 Å². The Morgan fingerprint density at radius 1 is 0.821 bits per heavy atom. The second kappa shape index (κ2) is 21.6. The molecule has 0 aliphatic heterocycles. The molecule has 28 heavy (non-hydrogen) atoms. The van der Waals surface area contributed by atoms with Crippen molar-refractivity contribution in [1.82, 2.24) is 4.90 Å². The normalized spacial score (nSPS) is 11.7. The van der Waals surface area contributed by atoms with Gasteiger partial charge in [0.15, 0.2) is 0 Å². The fourth-order valence-corrected chi connectivity index (χ4v) is 3.40. The standard InChI is InChI=1S/C21H41NO5.Na/c1-2-3-4-5-6-7-8-9-10-11-12-13-19(18-20(25)26)21(27)22(14-16-23)15-17-24;/h19,23-24H,2-18H2,1H3,(H,25,26);/q;+1/p-1. The summed E-state index contributed by atoms with van der Waals surface area (Å²) in [6.07, 6.45) is 13.4. The van der Waals surface area contributed by atoms with E-state index in [1.165, 1.54) is 56.3 Å². The summed E-state index contributed by atoms with van der Waals surface area (Å²) in [5.74, 6) is -2.18. The number of rotatable bonds is 19. The molecular formula is C21H40NNaO5. The third-order valence-corrected chi connectivity index (χ3v) is 4.97. The predicted octanol–water partition coefficient (Wildman–Crippen LogP) is -0.739. The Kier molecular flexibility index (Phi) is 23.1. The fraction of sp³-hybridized carbons (Fsp3) is 0.905. The molecule has 0 saturated heterocycles. The molecule has 0 aromatic heterocycles. The summed E-state index contributed by atoms with van der Waals surface area (Å²) in [5, 5.41) is 29.1. The van der Waals surface area contributed by atoms with Crippen LogP contribution >= 0.6 is 0 Å². The molecule has 1 amide bonds. The van der Waals surface area contributed by atoms with Gasteiger partial charge in [-0.25, -0.2) is 0 Å². The molecule has 1 atom stereocenters. The number of aliphatic hydroxyl groups excluding tert-OH is 2. The van der Waals surface area contributed by atoms with E-state index in [2.05, 4.69) is 6.92 Å². The first kappa shape index (κ1) is 30.1. The monoisotopic (exact) mass is 409 g/mol. The number of carboxylic acid groups (broad SMARTS) is 1. The molecule has 7 heteroatoms. The zero-order valence-corrected chi connectivity index (χ0v) is 20.2. The van der Waals surface area contributed by atoms with E-state index < -0.39 is 11.9 Å². The van der Waals surface area contributed by atoms with Crippen molar-refractivity contribution >= 4 is 11.9 Å². The summed E-state index contributed by atoms with van der Waals surface area (Å²) in [5.41, 5.74) is 0. The van der Waals surface area contributed by atoms with Gasteiger partial charge in [0, 0.05) is 25.0 Å². The topological polar surface area (TPSA) is 101 Å². The van der Waals surface area contributed by atoms with E-state index >= 15 is 0 Å². The van der Waals surface area contributed by atoms with E-state index in [1.807, 2.05) is 0 Å². The number of carbonyl (C=O) groups is 2. The van der Waals surface area contributed by atoms with Gasteiger partial charge in [-0.2, -0.15) is 0 Å². The molecule has 1 unspecified atom stereocenters. The molecule has 0 bridgehead atoms. The van der Waals surface area contributed by atoms with E-state index in [9.17, 15) is 14.7 Å². The molecule has 0 spiro atoms. The largest absolute Gasteiger partial charge is 1.00 e. The van der Waals surface area contributed by atoms with Crippen LogP contribution in [0, 0.1) is 5.92 Å². The van der Waals surface area contributed by atoms with Gasteiger partial charge in [-0.05, 0) is 12.8 Å². The molecule has 0 radical (unpaired) electrons. The molecular weight excluding hydrogens is 369 g/mol. The number of hydrogen-bond acceptors (Lipinski definition) is 5. The quantitative estimate of drug-likeness (QED) is 0.216. The van der Waals surface area contributed by atoms with Gasteiger partial charge in [-0.15, -0.1) is 0 Å². The number of hydrogen-bond donors (Lipinski definition) is 2.